The van der Waals surface area contributed by atoms with E-state index in [1.165, 1.54) is 39.0 Å². The van der Waals surface area contributed by atoms with Crippen LogP contribution < -0.4 is 0 Å². The second-order valence-corrected chi connectivity index (χ2v) is 4.33. The fraction of sp³-hybridized carbons (Fsp3) is 0.833. The largest absolute Gasteiger partial charge is 0.466 e. The maximum absolute atomic E-state index is 10.6. The maximum Gasteiger partial charge on any atom is 0.302 e. The van der Waals surface area contributed by atoms with Crippen molar-refractivity contribution in [2.45, 2.75) is 45.4 Å². The summed E-state index contributed by atoms with van der Waals surface area (Å²) in [5.41, 5.74) is 0. The summed E-state index contributed by atoms with van der Waals surface area (Å²) in [6.07, 6.45) is 7.35. The van der Waals surface area contributed by atoms with E-state index in [0.717, 1.165) is 12.3 Å². The van der Waals surface area contributed by atoms with Crippen LogP contribution in [0.25, 0.3) is 0 Å². The van der Waals surface area contributed by atoms with Gasteiger partial charge in [0.05, 0.1) is 6.61 Å². The van der Waals surface area contributed by atoms with Gasteiger partial charge in [0.15, 0.2) is 0 Å². The number of carbonyl (C=O) groups excluding carboxylic acids is 1. The van der Waals surface area contributed by atoms with Crippen molar-refractivity contribution in [2.75, 3.05) is 6.61 Å². The smallest absolute Gasteiger partial charge is 0.302 e. The average molecular weight is 197 g/mol. The molecule has 0 bridgehead atoms. The molecule has 1 radical (unpaired) electrons. The van der Waals surface area contributed by atoms with Gasteiger partial charge in [-0.25, -0.2) is 0 Å². The Morgan fingerprint density at radius 2 is 1.86 bits per heavy atom. The van der Waals surface area contributed by atoms with Crippen LogP contribution in [0.3, 0.4) is 0 Å². The quantitative estimate of drug-likeness (QED) is 0.648. The number of rotatable bonds is 4. The standard InChI is InChI=1S/C12H21O2/c1-3-4-11-5-7-12(8-6-11)9-14-10(2)13/h11-12H,1,3-9H2,2H3. The van der Waals surface area contributed by atoms with Gasteiger partial charge in [0.25, 0.3) is 0 Å². The highest BCUT2D eigenvalue weighted by molar-refractivity contribution is 5.65. The molecule has 0 aliphatic heterocycles. The Kier molecular flexibility index (Phi) is 4.99. The van der Waals surface area contributed by atoms with Crippen LogP contribution in [0.2, 0.25) is 0 Å². The minimum Gasteiger partial charge on any atom is -0.466 e. The van der Waals surface area contributed by atoms with Gasteiger partial charge in [-0.2, -0.15) is 0 Å². The van der Waals surface area contributed by atoms with Crippen molar-refractivity contribution in [3.05, 3.63) is 6.92 Å². The maximum atomic E-state index is 10.6. The zero-order chi connectivity index (χ0) is 10.4. The molecule has 0 aromatic carbocycles. The summed E-state index contributed by atoms with van der Waals surface area (Å²) in [6.45, 7) is 6.00. The molecule has 1 aliphatic carbocycles. The first-order chi connectivity index (χ1) is 6.72. The molecule has 1 aliphatic rings. The molecular formula is C12H21O2. The summed E-state index contributed by atoms with van der Waals surface area (Å²) in [5.74, 6) is 1.34. The lowest BCUT2D eigenvalue weighted by atomic mass is 9.80. The van der Waals surface area contributed by atoms with E-state index >= 15 is 0 Å². The Hall–Kier alpha value is -0.530. The van der Waals surface area contributed by atoms with E-state index in [1.54, 1.807) is 0 Å². The molecule has 2 nitrogen and oxygen atoms in total. The molecule has 81 valence electrons. The molecule has 0 amide bonds. The highest BCUT2D eigenvalue weighted by atomic mass is 16.5. The monoisotopic (exact) mass is 197 g/mol. The summed E-state index contributed by atoms with van der Waals surface area (Å²) in [6, 6.07) is 0. The first-order valence-electron chi connectivity index (χ1n) is 5.65. The molecule has 0 N–H and O–H groups in total. The lowest BCUT2D eigenvalue weighted by Gasteiger charge is -2.27. The van der Waals surface area contributed by atoms with Gasteiger partial charge in [0, 0.05) is 6.92 Å². The summed E-state index contributed by atoms with van der Waals surface area (Å²) in [7, 11) is 0. The van der Waals surface area contributed by atoms with E-state index in [2.05, 4.69) is 6.92 Å². The Morgan fingerprint density at radius 1 is 1.29 bits per heavy atom. The minimum absolute atomic E-state index is 0.148. The van der Waals surface area contributed by atoms with Gasteiger partial charge in [-0.15, -0.1) is 0 Å². The Bertz CT molecular complexity index is 169. The van der Waals surface area contributed by atoms with Crippen LogP contribution in [0.4, 0.5) is 0 Å². The molecule has 1 rings (SSSR count). The zero-order valence-electron chi connectivity index (χ0n) is 9.13. The molecule has 0 spiro atoms. The predicted molar refractivity (Wildman–Crippen MR) is 56.7 cm³/mol. The number of hydrogen-bond donors (Lipinski definition) is 0. The third-order valence-corrected chi connectivity index (χ3v) is 3.10. The van der Waals surface area contributed by atoms with Crippen LogP contribution in [0, 0.1) is 18.8 Å². The number of esters is 1. The van der Waals surface area contributed by atoms with Crippen LogP contribution in [-0.2, 0) is 9.53 Å². The van der Waals surface area contributed by atoms with Crippen molar-refractivity contribution >= 4 is 5.97 Å². The van der Waals surface area contributed by atoms with Crippen LogP contribution in [-0.4, -0.2) is 12.6 Å². The molecule has 0 aromatic heterocycles. The Labute approximate surface area is 87.0 Å². The minimum atomic E-state index is -0.148. The van der Waals surface area contributed by atoms with E-state index in [4.69, 9.17) is 4.74 Å². The lowest BCUT2D eigenvalue weighted by Crippen LogP contribution is -2.19. The molecule has 0 atom stereocenters. The lowest BCUT2D eigenvalue weighted by molar-refractivity contribution is -0.142. The molecule has 0 aromatic rings. The van der Waals surface area contributed by atoms with Crippen molar-refractivity contribution in [1.82, 2.24) is 0 Å². The topological polar surface area (TPSA) is 26.3 Å². The first-order valence-corrected chi connectivity index (χ1v) is 5.65. The molecule has 0 heterocycles. The van der Waals surface area contributed by atoms with Crippen LogP contribution in [0.15, 0.2) is 0 Å². The van der Waals surface area contributed by atoms with Gasteiger partial charge in [-0.05, 0) is 24.7 Å². The van der Waals surface area contributed by atoms with Gasteiger partial charge >= 0.3 is 5.97 Å². The number of carbonyl (C=O) groups is 1. The molecule has 0 unspecified atom stereocenters. The van der Waals surface area contributed by atoms with Crippen LogP contribution >= 0.6 is 0 Å². The highest BCUT2D eigenvalue weighted by Gasteiger charge is 2.21. The number of hydrogen-bond acceptors (Lipinski definition) is 2. The summed E-state index contributed by atoms with van der Waals surface area (Å²) >= 11 is 0. The molecular weight excluding hydrogens is 176 g/mol. The van der Waals surface area contributed by atoms with Crippen molar-refractivity contribution in [3.8, 4) is 0 Å². The van der Waals surface area contributed by atoms with E-state index in [1.807, 2.05) is 0 Å². The Morgan fingerprint density at radius 3 is 2.36 bits per heavy atom. The summed E-state index contributed by atoms with van der Waals surface area (Å²) < 4.78 is 5.03. The number of ether oxygens (including phenoxy) is 1. The first kappa shape index (κ1) is 11.5. The molecule has 2 heteroatoms. The normalized spacial score (nSPS) is 27.3. The van der Waals surface area contributed by atoms with E-state index in [-0.39, 0.29) is 5.97 Å². The average Bonchev–Trinajstić information content (AvgIpc) is 2.17. The molecule has 14 heavy (non-hydrogen) atoms. The van der Waals surface area contributed by atoms with Crippen LogP contribution in [0.1, 0.15) is 45.4 Å². The third-order valence-electron chi connectivity index (χ3n) is 3.10. The Balaban J connectivity index is 2.12. The van der Waals surface area contributed by atoms with Crippen molar-refractivity contribution < 1.29 is 9.53 Å². The predicted octanol–water partition coefficient (Wildman–Crippen LogP) is 2.97. The van der Waals surface area contributed by atoms with E-state index in [0.29, 0.717) is 12.5 Å². The fourth-order valence-corrected chi connectivity index (χ4v) is 2.21. The van der Waals surface area contributed by atoms with Crippen molar-refractivity contribution in [3.63, 3.8) is 0 Å². The van der Waals surface area contributed by atoms with Crippen LogP contribution in [0.5, 0.6) is 0 Å². The van der Waals surface area contributed by atoms with Crippen molar-refractivity contribution in [1.29, 1.82) is 0 Å². The van der Waals surface area contributed by atoms with Crippen molar-refractivity contribution in [2.24, 2.45) is 11.8 Å². The molecule has 1 fully saturated rings. The fourth-order valence-electron chi connectivity index (χ4n) is 2.21. The SMILES string of the molecule is [CH2]CCC1CCC(COC(C)=O)CC1. The second kappa shape index (κ2) is 6.05. The van der Waals surface area contributed by atoms with Gasteiger partial charge in [-0.1, -0.05) is 32.6 Å². The zero-order valence-corrected chi connectivity index (χ0v) is 9.13. The van der Waals surface area contributed by atoms with Gasteiger partial charge in [0.2, 0.25) is 0 Å². The highest BCUT2D eigenvalue weighted by Crippen LogP contribution is 2.31. The molecule has 0 saturated heterocycles. The van der Waals surface area contributed by atoms with Gasteiger partial charge in [0.1, 0.15) is 0 Å². The van der Waals surface area contributed by atoms with E-state index < -0.39 is 0 Å². The second-order valence-electron chi connectivity index (χ2n) is 4.33. The van der Waals surface area contributed by atoms with Gasteiger partial charge < -0.3 is 4.74 Å². The third kappa shape index (κ3) is 4.12. The molecule has 1 saturated carbocycles. The van der Waals surface area contributed by atoms with Gasteiger partial charge in [-0.3, -0.25) is 4.79 Å². The summed E-state index contributed by atoms with van der Waals surface area (Å²) in [4.78, 5) is 10.6. The summed E-state index contributed by atoms with van der Waals surface area (Å²) in [5, 5.41) is 0. The van der Waals surface area contributed by atoms with E-state index in [9.17, 15) is 4.79 Å².